The highest BCUT2D eigenvalue weighted by Gasteiger charge is 2.28. The Kier molecular flexibility index (Phi) is 5.68. The first-order valence-electron chi connectivity index (χ1n) is 8.63. The zero-order valence-electron chi connectivity index (χ0n) is 14.8. The topological polar surface area (TPSA) is 131 Å². The van der Waals surface area contributed by atoms with Crippen molar-refractivity contribution in [1.29, 1.82) is 10.7 Å². The zero-order chi connectivity index (χ0) is 19.2. The van der Waals surface area contributed by atoms with E-state index in [1.54, 1.807) is 23.1 Å². The minimum absolute atomic E-state index is 0.00905. The van der Waals surface area contributed by atoms with E-state index >= 15 is 0 Å². The van der Waals surface area contributed by atoms with E-state index in [-0.39, 0.29) is 11.6 Å². The van der Waals surface area contributed by atoms with Crippen LogP contribution in [-0.2, 0) is 9.53 Å². The molecule has 2 heterocycles. The molecule has 0 atom stereocenters. The van der Waals surface area contributed by atoms with Crippen molar-refractivity contribution in [2.45, 2.75) is 6.42 Å². The fraction of sp³-hybridized carbons (Fsp3) is 0.333. The van der Waals surface area contributed by atoms with Crippen molar-refractivity contribution in [2.75, 3.05) is 43.2 Å². The van der Waals surface area contributed by atoms with Gasteiger partial charge in [0.2, 0.25) is 5.71 Å². The monoisotopic (exact) mass is 367 g/mol. The molecule has 4 N–H and O–H groups in total. The minimum Gasteiger partial charge on any atom is -0.382 e. The average molecular weight is 367 g/mol. The number of anilines is 2. The molecule has 0 spiro atoms. The highest BCUT2D eigenvalue weighted by molar-refractivity contribution is 6.45. The first-order valence-corrected chi connectivity index (χ1v) is 8.63. The molecular formula is C18H21N7O2. The Hall–Kier alpha value is -3.38. The first kappa shape index (κ1) is 18.4. The van der Waals surface area contributed by atoms with Crippen LogP contribution < -0.4 is 16.1 Å². The van der Waals surface area contributed by atoms with Gasteiger partial charge >= 0.3 is 0 Å². The van der Waals surface area contributed by atoms with Crippen LogP contribution in [0.2, 0.25) is 0 Å². The highest BCUT2D eigenvalue weighted by Crippen LogP contribution is 2.25. The van der Waals surface area contributed by atoms with Crippen molar-refractivity contribution in [3.05, 3.63) is 36.0 Å². The molecule has 140 valence electrons. The van der Waals surface area contributed by atoms with Crippen molar-refractivity contribution < 1.29 is 9.53 Å². The lowest BCUT2D eigenvalue weighted by atomic mass is 10.1. The quantitative estimate of drug-likeness (QED) is 0.402. The average Bonchev–Trinajstić information content (AvgIpc) is 2.70. The van der Waals surface area contributed by atoms with Gasteiger partial charge < -0.3 is 20.3 Å². The summed E-state index contributed by atoms with van der Waals surface area (Å²) >= 11 is 0. The number of nitrogens with one attached hydrogen (secondary N) is 2. The van der Waals surface area contributed by atoms with Gasteiger partial charge in [-0.3, -0.25) is 15.6 Å². The van der Waals surface area contributed by atoms with Gasteiger partial charge in [-0.1, -0.05) is 6.08 Å². The summed E-state index contributed by atoms with van der Waals surface area (Å²) in [7, 11) is 0. The van der Waals surface area contributed by atoms with Crippen LogP contribution in [0.15, 0.2) is 41.1 Å². The lowest BCUT2D eigenvalue weighted by Gasteiger charge is -2.35. The molecule has 3 rings (SSSR count). The molecule has 0 aliphatic carbocycles. The molecule has 0 radical (unpaired) electrons. The van der Waals surface area contributed by atoms with Gasteiger partial charge in [-0.2, -0.15) is 10.4 Å². The smallest absolute Gasteiger partial charge is 0.274 e. The summed E-state index contributed by atoms with van der Waals surface area (Å²) in [4.78, 5) is 16.7. The molecular weight excluding hydrogens is 346 g/mol. The van der Waals surface area contributed by atoms with Gasteiger partial charge in [0.15, 0.2) is 5.84 Å². The van der Waals surface area contributed by atoms with Crippen molar-refractivity contribution in [3.8, 4) is 6.07 Å². The molecule has 2 aliphatic heterocycles. The third-order valence-electron chi connectivity index (χ3n) is 4.34. The Labute approximate surface area is 157 Å². The number of ether oxygens (including phenoxy) is 1. The molecule has 1 aromatic rings. The van der Waals surface area contributed by atoms with Gasteiger partial charge in [-0.25, -0.2) is 0 Å². The summed E-state index contributed by atoms with van der Waals surface area (Å²) in [5.41, 5.74) is 9.90. The maximum absolute atomic E-state index is 12.9. The molecule has 27 heavy (non-hydrogen) atoms. The van der Waals surface area contributed by atoms with E-state index in [4.69, 9.17) is 21.1 Å². The van der Waals surface area contributed by atoms with E-state index in [0.29, 0.717) is 25.4 Å². The summed E-state index contributed by atoms with van der Waals surface area (Å²) in [6.07, 6.45) is 2.80. The summed E-state index contributed by atoms with van der Waals surface area (Å²) in [6.45, 7) is 3.35. The van der Waals surface area contributed by atoms with Crippen LogP contribution in [0.3, 0.4) is 0 Å². The van der Waals surface area contributed by atoms with E-state index < -0.39 is 5.84 Å². The second-order valence-electron chi connectivity index (χ2n) is 6.08. The molecule has 0 bridgehead atoms. The number of carbonyl (C=O) groups is 1. The van der Waals surface area contributed by atoms with Crippen LogP contribution >= 0.6 is 0 Å². The molecule has 0 aromatic heterocycles. The number of amidine groups is 1. The largest absolute Gasteiger partial charge is 0.382 e. The number of amides is 1. The Morgan fingerprint density at radius 3 is 2.59 bits per heavy atom. The number of nitrogens with two attached hydrogens (primary N) is 1. The van der Waals surface area contributed by atoms with Gasteiger partial charge in [-0.15, -0.1) is 0 Å². The summed E-state index contributed by atoms with van der Waals surface area (Å²) in [5.74, 6) is -0.409. The number of rotatable bonds is 5. The zero-order valence-corrected chi connectivity index (χ0v) is 14.8. The van der Waals surface area contributed by atoms with E-state index in [1.165, 1.54) is 0 Å². The summed E-state index contributed by atoms with van der Waals surface area (Å²) in [6, 6.07) is 8.89. The van der Waals surface area contributed by atoms with Crippen LogP contribution in [0.4, 0.5) is 11.4 Å². The number of carbonyl (C=O) groups excluding carboxylic acids is 1. The van der Waals surface area contributed by atoms with E-state index in [2.05, 4.69) is 15.4 Å². The van der Waals surface area contributed by atoms with Crippen LogP contribution in [-0.4, -0.2) is 55.2 Å². The maximum Gasteiger partial charge on any atom is 0.274 e. The minimum atomic E-state index is -0.400. The Morgan fingerprint density at radius 1 is 1.26 bits per heavy atom. The molecule has 1 fully saturated rings. The third kappa shape index (κ3) is 4.24. The molecule has 1 amide bonds. The summed E-state index contributed by atoms with van der Waals surface area (Å²) in [5, 5.41) is 19.9. The highest BCUT2D eigenvalue weighted by atomic mass is 16.5. The standard InChI is InChI=1S/C18H21N7O2/c19-12-15(17(20)21)23-22-13-3-5-14(6-4-13)25-7-1-2-16(18(25)26)24-8-10-27-11-9-24/h2-6,22H,1,7-11H2,(H3,20,21)/b23-15+. The number of nitriles is 1. The molecule has 0 unspecified atom stereocenters. The van der Waals surface area contributed by atoms with Gasteiger partial charge in [0, 0.05) is 25.3 Å². The summed E-state index contributed by atoms with van der Waals surface area (Å²) < 4.78 is 5.36. The number of hydrogen-bond acceptors (Lipinski definition) is 7. The van der Waals surface area contributed by atoms with E-state index in [0.717, 1.165) is 30.9 Å². The third-order valence-corrected chi connectivity index (χ3v) is 4.34. The number of nitrogens with zero attached hydrogens (tertiary/aromatic N) is 4. The van der Waals surface area contributed by atoms with Gasteiger partial charge in [0.1, 0.15) is 6.07 Å². The number of morpholine rings is 1. The van der Waals surface area contributed by atoms with Crippen LogP contribution in [0.25, 0.3) is 0 Å². The maximum atomic E-state index is 12.9. The van der Waals surface area contributed by atoms with Crippen LogP contribution in [0.5, 0.6) is 0 Å². The predicted molar refractivity (Wildman–Crippen MR) is 102 cm³/mol. The Morgan fingerprint density at radius 2 is 1.96 bits per heavy atom. The normalized spacial score (nSPS) is 18.0. The first-order chi connectivity index (χ1) is 13.1. The van der Waals surface area contributed by atoms with E-state index in [9.17, 15) is 4.79 Å². The Bertz CT molecular complexity index is 817. The molecule has 9 heteroatoms. The molecule has 1 saturated heterocycles. The Balaban J connectivity index is 1.70. The molecule has 0 saturated carbocycles. The second kappa shape index (κ2) is 8.33. The second-order valence-corrected chi connectivity index (χ2v) is 6.08. The van der Waals surface area contributed by atoms with Gasteiger partial charge in [0.25, 0.3) is 5.91 Å². The number of benzene rings is 1. The van der Waals surface area contributed by atoms with Gasteiger partial charge in [0.05, 0.1) is 24.6 Å². The molecule has 9 nitrogen and oxygen atoms in total. The van der Waals surface area contributed by atoms with Crippen molar-refractivity contribution in [1.82, 2.24) is 4.90 Å². The number of hydrazone groups is 1. The fourth-order valence-electron chi connectivity index (χ4n) is 2.95. The lowest BCUT2D eigenvalue weighted by Crippen LogP contribution is -2.45. The van der Waals surface area contributed by atoms with Gasteiger partial charge in [-0.05, 0) is 30.7 Å². The lowest BCUT2D eigenvalue weighted by molar-refractivity contribution is -0.117. The molecule has 2 aliphatic rings. The fourth-order valence-corrected chi connectivity index (χ4v) is 2.95. The van der Waals surface area contributed by atoms with Crippen LogP contribution in [0, 0.1) is 16.7 Å². The number of hydrogen-bond donors (Lipinski definition) is 3. The predicted octanol–water partition coefficient (Wildman–Crippen LogP) is 0.867. The van der Waals surface area contributed by atoms with Crippen molar-refractivity contribution >= 4 is 28.8 Å². The SMILES string of the molecule is N#C/C(=N\Nc1ccc(N2CCC=C(N3CCOCC3)C2=O)cc1)C(=N)N. The van der Waals surface area contributed by atoms with Crippen molar-refractivity contribution in [3.63, 3.8) is 0 Å². The van der Waals surface area contributed by atoms with E-state index in [1.807, 2.05) is 18.2 Å². The van der Waals surface area contributed by atoms with Crippen molar-refractivity contribution in [2.24, 2.45) is 10.8 Å². The van der Waals surface area contributed by atoms with Crippen LogP contribution in [0.1, 0.15) is 6.42 Å². The molecule has 1 aromatic carbocycles.